The third-order valence-electron chi connectivity index (χ3n) is 4.10. The number of hydrogen-bond acceptors (Lipinski definition) is 5. The Kier molecular flexibility index (Phi) is 4.62. The summed E-state index contributed by atoms with van der Waals surface area (Å²) in [6, 6.07) is 7.56. The fraction of sp³-hybridized carbons (Fsp3) is 0.235. The first-order chi connectivity index (χ1) is 11.8. The van der Waals surface area contributed by atoms with Crippen LogP contribution in [0.3, 0.4) is 0 Å². The van der Waals surface area contributed by atoms with Crippen LogP contribution in [0.2, 0.25) is 5.02 Å². The Morgan fingerprint density at radius 2 is 2.04 bits per heavy atom. The Morgan fingerprint density at radius 3 is 2.68 bits per heavy atom. The Balaban J connectivity index is 1.78. The van der Waals surface area contributed by atoms with Crippen LogP contribution in [0.4, 0.5) is 0 Å². The van der Waals surface area contributed by atoms with Crippen molar-refractivity contribution in [1.82, 2.24) is 9.71 Å². The molecule has 1 aromatic heterocycles. The molecule has 8 heteroatoms. The zero-order valence-electron chi connectivity index (χ0n) is 13.3. The number of pyridine rings is 1. The van der Waals surface area contributed by atoms with E-state index in [9.17, 15) is 18.0 Å². The second-order valence-corrected chi connectivity index (χ2v) is 7.96. The molecule has 1 aliphatic carbocycles. The molecule has 0 spiro atoms. The number of Topliss-reactive ketones (excluding diaryl/α,β-unsaturated/α-hetero) is 1. The van der Waals surface area contributed by atoms with E-state index >= 15 is 0 Å². The molecule has 2 atom stereocenters. The quantitative estimate of drug-likeness (QED) is 0.807. The molecule has 6 nitrogen and oxygen atoms in total. The number of nitrogens with zero attached hydrogens (tertiary/aromatic N) is 1. The molecule has 1 N–H and O–H groups in total. The van der Waals surface area contributed by atoms with E-state index in [1.54, 1.807) is 18.5 Å². The molecule has 0 aliphatic heterocycles. The van der Waals surface area contributed by atoms with Crippen LogP contribution in [0.15, 0.2) is 47.6 Å². The van der Waals surface area contributed by atoms with Crippen LogP contribution in [0.25, 0.3) is 0 Å². The molecule has 0 bridgehead atoms. The lowest BCUT2D eigenvalue weighted by atomic mass is 10.1. The van der Waals surface area contributed by atoms with Gasteiger partial charge < -0.3 is 0 Å². The minimum absolute atomic E-state index is 0.0390. The lowest BCUT2D eigenvalue weighted by molar-refractivity contribution is -0.120. The van der Waals surface area contributed by atoms with E-state index in [0.29, 0.717) is 6.42 Å². The molecule has 2 aromatic rings. The summed E-state index contributed by atoms with van der Waals surface area (Å²) in [5.74, 6) is -1.34. The topological polar surface area (TPSA) is 93.2 Å². The van der Waals surface area contributed by atoms with Crippen molar-refractivity contribution in [2.24, 2.45) is 5.92 Å². The minimum atomic E-state index is -4.16. The van der Waals surface area contributed by atoms with E-state index in [0.717, 1.165) is 5.56 Å². The maximum atomic E-state index is 12.5. The second kappa shape index (κ2) is 6.57. The Hall–Kier alpha value is -2.25. The summed E-state index contributed by atoms with van der Waals surface area (Å²) >= 11 is 5.94. The first kappa shape index (κ1) is 17.6. The summed E-state index contributed by atoms with van der Waals surface area (Å²) in [7, 11) is -4.16. The predicted octanol–water partition coefficient (Wildman–Crippen LogP) is 2.55. The number of ketones is 1. The molecule has 0 radical (unpaired) electrons. The molecule has 1 saturated carbocycles. The van der Waals surface area contributed by atoms with E-state index in [-0.39, 0.29) is 27.2 Å². The maximum absolute atomic E-state index is 12.5. The van der Waals surface area contributed by atoms with Crippen LogP contribution < -0.4 is 4.72 Å². The van der Waals surface area contributed by atoms with E-state index < -0.39 is 21.8 Å². The summed E-state index contributed by atoms with van der Waals surface area (Å²) in [5, 5.41) is -0.0510. The van der Waals surface area contributed by atoms with Gasteiger partial charge in [-0.1, -0.05) is 17.7 Å². The summed E-state index contributed by atoms with van der Waals surface area (Å²) in [6.45, 7) is 1.32. The Morgan fingerprint density at radius 1 is 1.28 bits per heavy atom. The van der Waals surface area contributed by atoms with Gasteiger partial charge in [-0.05, 0) is 49.1 Å². The molecule has 1 aliphatic rings. The second-order valence-electron chi connectivity index (χ2n) is 5.91. The summed E-state index contributed by atoms with van der Waals surface area (Å²) in [4.78, 5) is 27.4. The van der Waals surface area contributed by atoms with Gasteiger partial charge in [-0.2, -0.15) is 0 Å². The highest BCUT2D eigenvalue weighted by atomic mass is 35.5. The van der Waals surface area contributed by atoms with E-state index in [1.165, 1.54) is 25.1 Å². The summed E-state index contributed by atoms with van der Waals surface area (Å²) < 4.78 is 27.0. The van der Waals surface area contributed by atoms with Crippen LogP contribution in [0.5, 0.6) is 0 Å². The van der Waals surface area contributed by atoms with Gasteiger partial charge in [0.1, 0.15) is 4.90 Å². The lowest BCUT2D eigenvalue weighted by Gasteiger charge is -2.09. The molecule has 1 fully saturated rings. The van der Waals surface area contributed by atoms with Crippen molar-refractivity contribution in [1.29, 1.82) is 0 Å². The minimum Gasteiger partial charge on any atom is -0.295 e. The Bertz CT molecular complexity index is 944. The van der Waals surface area contributed by atoms with Gasteiger partial charge in [0.05, 0.1) is 5.02 Å². The van der Waals surface area contributed by atoms with Crippen LogP contribution >= 0.6 is 11.6 Å². The van der Waals surface area contributed by atoms with E-state index in [1.807, 2.05) is 6.07 Å². The largest absolute Gasteiger partial charge is 0.295 e. The number of aromatic nitrogens is 1. The number of halogens is 1. The third kappa shape index (κ3) is 3.72. The number of nitrogens with one attached hydrogen (secondary N) is 1. The fourth-order valence-electron chi connectivity index (χ4n) is 2.64. The first-order valence-corrected chi connectivity index (χ1v) is 9.43. The van der Waals surface area contributed by atoms with E-state index in [2.05, 4.69) is 9.71 Å². The average Bonchev–Trinajstić information content (AvgIpc) is 3.36. The number of amides is 1. The predicted molar refractivity (Wildman–Crippen MR) is 91.9 cm³/mol. The SMILES string of the molecule is CC(=O)c1ccc(Cl)c(S(=O)(=O)NC(=O)[C@@H]2C[C@@H]2c2cccnc2)c1. The lowest BCUT2D eigenvalue weighted by Crippen LogP contribution is -2.32. The molecule has 0 saturated heterocycles. The molecule has 1 heterocycles. The van der Waals surface area contributed by atoms with Crippen molar-refractivity contribution >= 4 is 33.3 Å². The summed E-state index contributed by atoms with van der Waals surface area (Å²) in [5.41, 5.74) is 1.11. The first-order valence-electron chi connectivity index (χ1n) is 7.56. The number of sulfonamides is 1. The Labute approximate surface area is 150 Å². The highest BCUT2D eigenvalue weighted by Crippen LogP contribution is 2.47. The number of carbonyl (C=O) groups excluding carboxylic acids is 2. The molecule has 25 heavy (non-hydrogen) atoms. The zero-order valence-corrected chi connectivity index (χ0v) is 14.8. The molecular formula is C17H15ClN2O4S. The normalized spacial score (nSPS) is 19.3. The van der Waals surface area contributed by atoms with Crippen molar-refractivity contribution in [3.05, 3.63) is 58.9 Å². The number of carbonyl (C=O) groups is 2. The van der Waals surface area contributed by atoms with Gasteiger partial charge in [0.2, 0.25) is 5.91 Å². The van der Waals surface area contributed by atoms with Gasteiger partial charge in [-0.3, -0.25) is 14.6 Å². The molecule has 1 amide bonds. The van der Waals surface area contributed by atoms with Gasteiger partial charge in [-0.15, -0.1) is 0 Å². The molecule has 3 rings (SSSR count). The molecule has 130 valence electrons. The highest BCUT2D eigenvalue weighted by molar-refractivity contribution is 7.90. The third-order valence-corrected chi connectivity index (χ3v) is 5.93. The standard InChI is InChI=1S/C17H15ClN2O4S/c1-10(21)11-4-5-15(18)16(7-11)25(23,24)20-17(22)14-8-13(14)12-3-2-6-19-9-12/h2-7,9,13-14H,8H2,1H3,(H,20,22)/t13-,14-/m1/s1. The fourth-order valence-corrected chi connectivity index (χ4v) is 4.20. The van der Waals surface area contributed by atoms with Crippen LogP contribution in [-0.4, -0.2) is 25.1 Å². The van der Waals surface area contributed by atoms with Gasteiger partial charge in [0.15, 0.2) is 5.78 Å². The zero-order chi connectivity index (χ0) is 18.2. The van der Waals surface area contributed by atoms with Gasteiger partial charge in [-0.25, -0.2) is 13.1 Å². The van der Waals surface area contributed by atoms with Gasteiger partial charge in [0.25, 0.3) is 10.0 Å². The van der Waals surface area contributed by atoms with Gasteiger partial charge in [0, 0.05) is 23.9 Å². The molecule has 0 unspecified atom stereocenters. The highest BCUT2D eigenvalue weighted by Gasteiger charge is 2.45. The number of rotatable bonds is 5. The summed E-state index contributed by atoms with van der Waals surface area (Å²) in [6.07, 6.45) is 3.86. The number of hydrogen-bond donors (Lipinski definition) is 1. The smallest absolute Gasteiger partial charge is 0.265 e. The van der Waals surface area contributed by atoms with Crippen LogP contribution in [-0.2, 0) is 14.8 Å². The van der Waals surface area contributed by atoms with Crippen molar-refractivity contribution in [3.63, 3.8) is 0 Å². The molecule has 1 aromatic carbocycles. The average molecular weight is 379 g/mol. The monoisotopic (exact) mass is 378 g/mol. The molecular weight excluding hydrogens is 364 g/mol. The van der Waals surface area contributed by atoms with E-state index in [4.69, 9.17) is 11.6 Å². The van der Waals surface area contributed by atoms with Gasteiger partial charge >= 0.3 is 0 Å². The van der Waals surface area contributed by atoms with Crippen molar-refractivity contribution in [3.8, 4) is 0 Å². The maximum Gasteiger partial charge on any atom is 0.265 e. The van der Waals surface area contributed by atoms with Crippen molar-refractivity contribution < 1.29 is 18.0 Å². The van der Waals surface area contributed by atoms with Crippen molar-refractivity contribution in [2.75, 3.05) is 0 Å². The van der Waals surface area contributed by atoms with Crippen LogP contribution in [0, 0.1) is 5.92 Å². The van der Waals surface area contributed by atoms with Crippen LogP contribution in [0.1, 0.15) is 35.2 Å². The number of benzene rings is 1. The van der Waals surface area contributed by atoms with Crippen molar-refractivity contribution in [2.45, 2.75) is 24.2 Å².